The van der Waals surface area contributed by atoms with Crippen molar-refractivity contribution in [2.24, 2.45) is 5.73 Å². The molecule has 2 nitrogen and oxygen atoms in total. The third-order valence-corrected chi connectivity index (χ3v) is 3.46. The van der Waals surface area contributed by atoms with Crippen molar-refractivity contribution in [1.82, 2.24) is 0 Å². The summed E-state index contributed by atoms with van der Waals surface area (Å²) in [4.78, 5) is 0. The molecule has 0 radical (unpaired) electrons. The first-order chi connectivity index (χ1) is 9.45. The zero-order valence-corrected chi connectivity index (χ0v) is 11.8. The highest BCUT2D eigenvalue weighted by Crippen LogP contribution is 2.31. The summed E-state index contributed by atoms with van der Waals surface area (Å²) in [5, 5.41) is 0.342. The van der Waals surface area contributed by atoms with Gasteiger partial charge >= 0.3 is 0 Å². The fourth-order valence-electron chi connectivity index (χ4n) is 2.01. The summed E-state index contributed by atoms with van der Waals surface area (Å²) < 4.78 is 32.9. The second-order valence-electron chi connectivity index (χ2n) is 4.46. The van der Waals surface area contributed by atoms with Crippen LogP contribution in [0.25, 0.3) is 0 Å². The van der Waals surface area contributed by atoms with Crippen LogP contribution in [0, 0.1) is 18.6 Å². The van der Waals surface area contributed by atoms with E-state index in [9.17, 15) is 8.78 Å². The van der Waals surface area contributed by atoms with Crippen LogP contribution >= 0.6 is 11.6 Å². The van der Waals surface area contributed by atoms with E-state index < -0.39 is 17.7 Å². The van der Waals surface area contributed by atoms with Crippen LogP contribution in [0.15, 0.2) is 30.3 Å². The van der Waals surface area contributed by atoms with Crippen LogP contribution in [-0.4, -0.2) is 7.11 Å². The summed E-state index contributed by atoms with van der Waals surface area (Å²) in [6.07, 6.45) is 0. The van der Waals surface area contributed by atoms with Gasteiger partial charge in [0.05, 0.1) is 18.2 Å². The Morgan fingerprint density at radius 1 is 1.20 bits per heavy atom. The van der Waals surface area contributed by atoms with E-state index in [1.54, 1.807) is 25.1 Å². The molecule has 0 bridgehead atoms. The molecular formula is C15H14ClF2NO. The Morgan fingerprint density at radius 3 is 2.50 bits per heavy atom. The number of benzene rings is 2. The summed E-state index contributed by atoms with van der Waals surface area (Å²) in [7, 11) is 1.49. The second-order valence-corrected chi connectivity index (χ2v) is 4.87. The average molecular weight is 298 g/mol. The molecule has 2 N–H and O–H groups in total. The van der Waals surface area contributed by atoms with Crippen molar-refractivity contribution >= 4 is 11.6 Å². The maximum Gasteiger partial charge on any atom is 0.137 e. The molecule has 0 aliphatic heterocycles. The van der Waals surface area contributed by atoms with Gasteiger partial charge in [0.25, 0.3) is 0 Å². The highest BCUT2D eigenvalue weighted by atomic mass is 35.5. The fraction of sp³-hybridized carbons (Fsp3) is 0.200. The van der Waals surface area contributed by atoms with E-state index in [2.05, 4.69) is 0 Å². The molecule has 106 valence electrons. The van der Waals surface area contributed by atoms with Crippen molar-refractivity contribution in [1.29, 1.82) is 0 Å². The molecule has 2 aromatic carbocycles. The SMILES string of the molecule is COc1ccc(C(N)c2c(F)ccc(C)c2F)cc1Cl. The van der Waals surface area contributed by atoms with Crippen molar-refractivity contribution < 1.29 is 13.5 Å². The standard InChI is InChI=1S/C15H14ClF2NO/c1-8-3-5-11(17)13(14(8)18)15(19)9-4-6-12(20-2)10(16)7-9/h3-7,15H,19H2,1-2H3. The van der Waals surface area contributed by atoms with Crippen LogP contribution < -0.4 is 10.5 Å². The molecule has 0 saturated carbocycles. The number of rotatable bonds is 3. The van der Waals surface area contributed by atoms with E-state index >= 15 is 0 Å². The fourth-order valence-corrected chi connectivity index (χ4v) is 2.27. The topological polar surface area (TPSA) is 35.2 Å². The Kier molecular flexibility index (Phi) is 4.26. The van der Waals surface area contributed by atoms with Gasteiger partial charge in [-0.25, -0.2) is 8.78 Å². The minimum Gasteiger partial charge on any atom is -0.495 e. The Hall–Kier alpha value is -1.65. The van der Waals surface area contributed by atoms with Gasteiger partial charge in [-0.1, -0.05) is 23.7 Å². The second kappa shape index (κ2) is 5.77. The molecule has 0 aromatic heterocycles. The molecule has 0 aliphatic carbocycles. The predicted octanol–water partition coefficient (Wildman–Crippen LogP) is 3.98. The third-order valence-electron chi connectivity index (χ3n) is 3.17. The maximum atomic E-state index is 14.1. The van der Waals surface area contributed by atoms with E-state index in [0.29, 0.717) is 21.9 Å². The van der Waals surface area contributed by atoms with Crippen LogP contribution in [0.2, 0.25) is 5.02 Å². The monoisotopic (exact) mass is 297 g/mol. The lowest BCUT2D eigenvalue weighted by atomic mass is 9.97. The normalized spacial score (nSPS) is 12.3. The van der Waals surface area contributed by atoms with Crippen molar-refractivity contribution in [2.45, 2.75) is 13.0 Å². The van der Waals surface area contributed by atoms with E-state index in [0.717, 1.165) is 0 Å². The molecule has 0 aliphatic rings. The van der Waals surface area contributed by atoms with Crippen LogP contribution in [0.1, 0.15) is 22.7 Å². The van der Waals surface area contributed by atoms with Crippen molar-refractivity contribution in [3.8, 4) is 5.75 Å². The number of halogens is 3. The summed E-state index contributed by atoms with van der Waals surface area (Å²) in [5.41, 5.74) is 6.66. The number of hydrogen-bond acceptors (Lipinski definition) is 2. The average Bonchev–Trinajstić information content (AvgIpc) is 2.43. The number of ether oxygens (including phenoxy) is 1. The van der Waals surface area contributed by atoms with Crippen LogP contribution in [0.4, 0.5) is 8.78 Å². The van der Waals surface area contributed by atoms with Gasteiger partial charge in [-0.2, -0.15) is 0 Å². The molecule has 0 heterocycles. The van der Waals surface area contributed by atoms with Gasteiger partial charge in [-0.05, 0) is 36.2 Å². The molecule has 1 unspecified atom stereocenters. The summed E-state index contributed by atoms with van der Waals surface area (Å²) in [6, 6.07) is 6.45. The maximum absolute atomic E-state index is 14.1. The Labute approximate surface area is 121 Å². The van der Waals surface area contributed by atoms with E-state index in [1.807, 2.05) is 0 Å². The first-order valence-corrected chi connectivity index (χ1v) is 6.37. The van der Waals surface area contributed by atoms with E-state index in [1.165, 1.54) is 19.2 Å². The lowest BCUT2D eigenvalue weighted by Gasteiger charge is -2.16. The quantitative estimate of drug-likeness (QED) is 0.930. The minimum atomic E-state index is -0.932. The minimum absolute atomic E-state index is 0.161. The van der Waals surface area contributed by atoms with E-state index in [-0.39, 0.29) is 5.56 Å². The molecular weight excluding hydrogens is 284 g/mol. The van der Waals surface area contributed by atoms with Gasteiger partial charge in [-0.15, -0.1) is 0 Å². The summed E-state index contributed by atoms with van der Waals surface area (Å²) in [6.45, 7) is 1.56. The zero-order valence-electron chi connectivity index (χ0n) is 11.1. The predicted molar refractivity (Wildman–Crippen MR) is 75.1 cm³/mol. The van der Waals surface area contributed by atoms with Crippen LogP contribution in [-0.2, 0) is 0 Å². The summed E-state index contributed by atoms with van der Waals surface area (Å²) in [5.74, 6) is -0.829. The zero-order chi connectivity index (χ0) is 14.9. The Balaban J connectivity index is 2.49. The smallest absolute Gasteiger partial charge is 0.137 e. The molecule has 2 aromatic rings. The van der Waals surface area contributed by atoms with Crippen molar-refractivity contribution in [2.75, 3.05) is 7.11 Å². The number of nitrogens with two attached hydrogens (primary N) is 1. The molecule has 0 spiro atoms. The summed E-state index contributed by atoms with van der Waals surface area (Å²) >= 11 is 6.00. The molecule has 20 heavy (non-hydrogen) atoms. The van der Waals surface area contributed by atoms with Gasteiger partial charge in [0.2, 0.25) is 0 Å². The highest BCUT2D eigenvalue weighted by Gasteiger charge is 2.20. The lowest BCUT2D eigenvalue weighted by molar-refractivity contribution is 0.415. The molecule has 0 amide bonds. The largest absolute Gasteiger partial charge is 0.495 e. The molecule has 0 saturated heterocycles. The molecule has 1 atom stereocenters. The van der Waals surface area contributed by atoms with Gasteiger partial charge in [0, 0.05) is 5.56 Å². The Morgan fingerprint density at radius 2 is 1.90 bits per heavy atom. The highest BCUT2D eigenvalue weighted by molar-refractivity contribution is 6.32. The molecule has 0 fully saturated rings. The molecule has 2 rings (SSSR count). The van der Waals surface area contributed by atoms with Gasteiger partial charge in [-0.3, -0.25) is 0 Å². The van der Waals surface area contributed by atoms with Gasteiger partial charge in [0.1, 0.15) is 17.4 Å². The number of aryl methyl sites for hydroxylation is 1. The van der Waals surface area contributed by atoms with Crippen LogP contribution in [0.5, 0.6) is 5.75 Å². The van der Waals surface area contributed by atoms with Gasteiger partial charge < -0.3 is 10.5 Å². The van der Waals surface area contributed by atoms with Crippen molar-refractivity contribution in [3.05, 3.63) is 63.7 Å². The number of methoxy groups -OCH3 is 1. The number of hydrogen-bond donors (Lipinski definition) is 1. The first-order valence-electron chi connectivity index (χ1n) is 5.99. The Bertz CT molecular complexity index is 646. The lowest BCUT2D eigenvalue weighted by Crippen LogP contribution is -2.16. The third kappa shape index (κ3) is 2.62. The van der Waals surface area contributed by atoms with Crippen LogP contribution in [0.3, 0.4) is 0 Å². The van der Waals surface area contributed by atoms with E-state index in [4.69, 9.17) is 22.1 Å². The van der Waals surface area contributed by atoms with Crippen molar-refractivity contribution in [3.63, 3.8) is 0 Å². The van der Waals surface area contributed by atoms with Gasteiger partial charge in [0.15, 0.2) is 0 Å². The first kappa shape index (κ1) is 14.8. The molecule has 5 heteroatoms.